The highest BCUT2D eigenvalue weighted by Gasteiger charge is 2.42. The van der Waals surface area contributed by atoms with E-state index in [0.717, 1.165) is 10.2 Å². The van der Waals surface area contributed by atoms with Crippen LogP contribution in [0.1, 0.15) is 25.5 Å². The van der Waals surface area contributed by atoms with E-state index >= 15 is 0 Å². The lowest BCUT2D eigenvalue weighted by Gasteiger charge is -2.37. The Bertz CT molecular complexity index is 1370. The highest BCUT2D eigenvalue weighted by atomic mass is 79.9. The second-order valence-electron chi connectivity index (χ2n) is 8.06. The predicted molar refractivity (Wildman–Crippen MR) is 138 cm³/mol. The topological polar surface area (TPSA) is 69.0 Å². The van der Waals surface area contributed by atoms with Gasteiger partial charge in [-0.3, -0.25) is 0 Å². The minimum Gasteiger partial charge on any atom is -0.466 e. The van der Waals surface area contributed by atoms with E-state index in [0.29, 0.717) is 28.5 Å². The number of furan rings is 1. The number of rotatable bonds is 5. The number of hydrogen-bond donors (Lipinski definition) is 0. The van der Waals surface area contributed by atoms with Crippen LogP contribution in [0.15, 0.2) is 86.0 Å². The maximum atomic E-state index is 13.7. The largest absolute Gasteiger partial charge is 0.466 e. The van der Waals surface area contributed by atoms with Gasteiger partial charge >= 0.3 is 11.9 Å². The van der Waals surface area contributed by atoms with Crippen LogP contribution in [-0.4, -0.2) is 26.2 Å². The van der Waals surface area contributed by atoms with Crippen molar-refractivity contribution < 1.29 is 27.9 Å². The lowest BCUT2D eigenvalue weighted by Crippen LogP contribution is -2.35. The summed E-state index contributed by atoms with van der Waals surface area (Å²) in [6.07, 6.45) is 0. The van der Waals surface area contributed by atoms with Crippen molar-refractivity contribution in [2.75, 3.05) is 19.1 Å². The molecule has 6 nitrogen and oxygen atoms in total. The number of allylic oxidation sites excluding steroid dienone is 2. The standard InChI is InChI=1S/C27H22BrClFNO5/c1-14-23(26(32)34-3)25(22-12-11-21(36-22)16-5-10-20(30)19(29)13-16)24(27(33)35-4)15(2)31(14)18-8-6-17(28)7-9-18/h5-13,25H,1-4H3. The first-order valence-corrected chi connectivity index (χ1v) is 12.0. The minimum absolute atomic E-state index is 0.0507. The van der Waals surface area contributed by atoms with Crippen LogP contribution >= 0.6 is 27.5 Å². The maximum absolute atomic E-state index is 13.7. The van der Waals surface area contributed by atoms with Crippen LogP contribution in [0, 0.1) is 5.82 Å². The molecule has 3 aromatic rings. The fourth-order valence-electron chi connectivity index (χ4n) is 4.38. The third-order valence-corrected chi connectivity index (χ3v) is 6.86. The van der Waals surface area contributed by atoms with Gasteiger partial charge < -0.3 is 18.8 Å². The van der Waals surface area contributed by atoms with Crippen molar-refractivity contribution in [1.29, 1.82) is 0 Å². The van der Waals surface area contributed by atoms with Gasteiger partial charge in [-0.15, -0.1) is 0 Å². The Labute approximate surface area is 221 Å². The molecule has 0 radical (unpaired) electrons. The SMILES string of the molecule is COC(=O)C1=C(C)N(c2ccc(Br)cc2)C(C)=C(C(=O)OC)C1c1ccc(-c2ccc(F)c(Cl)c2)o1. The molecule has 9 heteroatoms. The summed E-state index contributed by atoms with van der Waals surface area (Å²) in [6.45, 7) is 3.56. The Kier molecular flexibility index (Phi) is 7.38. The molecule has 186 valence electrons. The summed E-state index contributed by atoms with van der Waals surface area (Å²) >= 11 is 9.38. The average Bonchev–Trinajstić information content (AvgIpc) is 3.35. The van der Waals surface area contributed by atoms with E-state index in [1.807, 2.05) is 29.2 Å². The lowest BCUT2D eigenvalue weighted by atomic mass is 9.82. The third-order valence-electron chi connectivity index (χ3n) is 6.04. The summed E-state index contributed by atoms with van der Waals surface area (Å²) in [4.78, 5) is 28.1. The molecule has 1 aromatic heterocycles. The van der Waals surface area contributed by atoms with Crippen molar-refractivity contribution in [2.45, 2.75) is 19.8 Å². The van der Waals surface area contributed by atoms with Crippen LogP contribution in [0.2, 0.25) is 5.02 Å². The lowest BCUT2D eigenvalue weighted by molar-refractivity contribution is -0.137. The second-order valence-corrected chi connectivity index (χ2v) is 9.38. The second kappa shape index (κ2) is 10.3. The number of ether oxygens (including phenoxy) is 2. The molecular formula is C27H22BrClFNO5. The van der Waals surface area contributed by atoms with E-state index in [1.54, 1.807) is 26.0 Å². The van der Waals surface area contributed by atoms with Crippen LogP contribution in [0.5, 0.6) is 0 Å². The van der Waals surface area contributed by atoms with Crippen LogP contribution in [0.3, 0.4) is 0 Å². The number of hydrogen-bond acceptors (Lipinski definition) is 6. The maximum Gasteiger partial charge on any atom is 0.336 e. The number of benzene rings is 2. The molecule has 0 spiro atoms. The summed E-state index contributed by atoms with van der Waals surface area (Å²) in [5.41, 5.74) is 2.88. The van der Waals surface area contributed by atoms with Crippen molar-refractivity contribution in [2.24, 2.45) is 0 Å². The molecule has 0 amide bonds. The van der Waals surface area contributed by atoms with E-state index in [9.17, 15) is 14.0 Å². The zero-order chi connectivity index (χ0) is 26.1. The fourth-order valence-corrected chi connectivity index (χ4v) is 4.82. The molecule has 1 aliphatic heterocycles. The molecule has 0 fully saturated rings. The van der Waals surface area contributed by atoms with Crippen molar-refractivity contribution in [3.8, 4) is 11.3 Å². The Balaban J connectivity index is 1.92. The molecular weight excluding hydrogens is 553 g/mol. The van der Waals surface area contributed by atoms with Gasteiger partial charge in [0.1, 0.15) is 17.3 Å². The molecule has 0 saturated carbocycles. The summed E-state index contributed by atoms with van der Waals surface area (Å²) in [6, 6.07) is 15.0. The molecule has 1 aliphatic rings. The van der Waals surface area contributed by atoms with Gasteiger partial charge in [-0.1, -0.05) is 27.5 Å². The van der Waals surface area contributed by atoms with Crippen molar-refractivity contribution in [3.63, 3.8) is 0 Å². The van der Waals surface area contributed by atoms with Crippen molar-refractivity contribution >= 4 is 45.2 Å². The molecule has 0 bridgehead atoms. The fraction of sp³-hybridized carbons (Fsp3) is 0.185. The van der Waals surface area contributed by atoms with Gasteiger partial charge in [0.2, 0.25) is 0 Å². The molecule has 0 saturated heterocycles. The van der Waals surface area contributed by atoms with Crippen LogP contribution in [0.4, 0.5) is 10.1 Å². The first-order chi connectivity index (χ1) is 17.2. The van der Waals surface area contributed by atoms with Crippen LogP contribution in [0.25, 0.3) is 11.3 Å². The van der Waals surface area contributed by atoms with E-state index < -0.39 is 23.7 Å². The normalized spacial score (nSPS) is 14.4. The van der Waals surface area contributed by atoms with E-state index in [1.165, 1.54) is 32.4 Å². The van der Waals surface area contributed by atoms with Gasteiger partial charge in [-0.2, -0.15) is 0 Å². The number of nitrogens with zero attached hydrogens (tertiary/aromatic N) is 1. The molecule has 0 N–H and O–H groups in total. The minimum atomic E-state index is -0.902. The Morgan fingerprint density at radius 2 is 1.53 bits per heavy atom. The first kappa shape index (κ1) is 25.7. The highest BCUT2D eigenvalue weighted by molar-refractivity contribution is 9.10. The Morgan fingerprint density at radius 3 is 2.06 bits per heavy atom. The zero-order valence-corrected chi connectivity index (χ0v) is 22.2. The van der Waals surface area contributed by atoms with E-state index in [-0.39, 0.29) is 16.2 Å². The smallest absolute Gasteiger partial charge is 0.336 e. The van der Waals surface area contributed by atoms with Crippen LogP contribution in [-0.2, 0) is 19.1 Å². The molecule has 2 aromatic carbocycles. The number of carbonyl (C=O) groups excluding carboxylic acids is 2. The van der Waals surface area contributed by atoms with Crippen molar-refractivity contribution in [3.05, 3.63) is 98.2 Å². The number of carbonyl (C=O) groups is 2. The summed E-state index contributed by atoms with van der Waals surface area (Å²) in [7, 11) is 2.56. The van der Waals surface area contributed by atoms with Crippen molar-refractivity contribution in [1.82, 2.24) is 0 Å². The highest BCUT2D eigenvalue weighted by Crippen LogP contribution is 2.45. The monoisotopic (exact) mass is 573 g/mol. The molecule has 36 heavy (non-hydrogen) atoms. The molecule has 4 rings (SSSR count). The zero-order valence-electron chi connectivity index (χ0n) is 19.9. The summed E-state index contributed by atoms with van der Waals surface area (Å²) in [5.74, 6) is -1.97. The number of esters is 2. The molecule has 0 aliphatic carbocycles. The van der Waals surface area contributed by atoms with Gasteiger partial charge in [0, 0.05) is 27.1 Å². The Morgan fingerprint density at radius 1 is 0.944 bits per heavy atom. The Hall–Kier alpha value is -3.36. The number of halogens is 3. The predicted octanol–water partition coefficient (Wildman–Crippen LogP) is 7.00. The third kappa shape index (κ3) is 4.58. The van der Waals surface area contributed by atoms with E-state index in [2.05, 4.69) is 15.9 Å². The first-order valence-electron chi connectivity index (χ1n) is 10.9. The summed E-state index contributed by atoms with van der Waals surface area (Å²) < 4.78 is 30.9. The van der Waals surface area contributed by atoms with Gasteiger partial charge in [-0.25, -0.2) is 14.0 Å². The van der Waals surface area contributed by atoms with E-state index in [4.69, 9.17) is 25.5 Å². The van der Waals surface area contributed by atoms with Gasteiger partial charge in [0.05, 0.1) is 36.3 Å². The number of methoxy groups -OCH3 is 2. The molecule has 0 unspecified atom stereocenters. The van der Waals surface area contributed by atoms with Gasteiger partial charge in [-0.05, 0) is 68.4 Å². The van der Waals surface area contributed by atoms with Gasteiger partial charge in [0.15, 0.2) is 0 Å². The molecule has 2 heterocycles. The average molecular weight is 575 g/mol. The van der Waals surface area contributed by atoms with Crippen LogP contribution < -0.4 is 4.90 Å². The van der Waals surface area contributed by atoms with Gasteiger partial charge in [0.25, 0.3) is 0 Å². The molecule has 0 atom stereocenters. The quantitative estimate of drug-likeness (QED) is 0.306. The summed E-state index contributed by atoms with van der Waals surface area (Å²) in [5, 5.41) is -0.0507. The number of anilines is 1.